The zero-order valence-electron chi connectivity index (χ0n) is 10.2. The molecule has 1 N–H and O–H groups in total. The number of aliphatic carboxylic acids is 1. The van der Waals surface area contributed by atoms with Gasteiger partial charge in [0.05, 0.1) is 6.42 Å². The van der Waals surface area contributed by atoms with Gasteiger partial charge < -0.3 is 10.0 Å². The molecule has 1 aliphatic rings. The van der Waals surface area contributed by atoms with Crippen molar-refractivity contribution in [2.45, 2.75) is 12.5 Å². The van der Waals surface area contributed by atoms with Crippen molar-refractivity contribution in [1.82, 2.24) is 4.90 Å². The van der Waals surface area contributed by atoms with Crippen molar-refractivity contribution < 1.29 is 14.7 Å². The summed E-state index contributed by atoms with van der Waals surface area (Å²) < 4.78 is 0. The zero-order valence-corrected chi connectivity index (χ0v) is 11.8. The van der Waals surface area contributed by atoms with Crippen LogP contribution in [0.25, 0.3) is 0 Å². The van der Waals surface area contributed by atoms with E-state index < -0.39 is 12.0 Å². The second-order valence-electron chi connectivity index (χ2n) is 4.32. The highest BCUT2D eigenvalue weighted by Crippen LogP contribution is 2.19. The van der Waals surface area contributed by atoms with Gasteiger partial charge in [0.1, 0.15) is 6.04 Å². The van der Waals surface area contributed by atoms with Crippen LogP contribution in [-0.4, -0.2) is 46.0 Å². The van der Waals surface area contributed by atoms with E-state index in [2.05, 4.69) is 0 Å². The first-order chi connectivity index (χ1) is 9.08. The highest BCUT2D eigenvalue weighted by molar-refractivity contribution is 7.99. The molecule has 102 valence electrons. The first-order valence-corrected chi connectivity index (χ1v) is 7.45. The first-order valence-electron chi connectivity index (χ1n) is 5.92. The molecule has 1 unspecified atom stereocenters. The lowest BCUT2D eigenvalue weighted by Crippen LogP contribution is -2.50. The first kappa shape index (κ1) is 14.2. The van der Waals surface area contributed by atoms with E-state index in [0.29, 0.717) is 17.3 Å². The molecular formula is C13H14ClNO3S. The third-order valence-electron chi connectivity index (χ3n) is 2.98. The van der Waals surface area contributed by atoms with Crippen LogP contribution in [-0.2, 0) is 16.0 Å². The van der Waals surface area contributed by atoms with E-state index in [4.69, 9.17) is 16.7 Å². The van der Waals surface area contributed by atoms with E-state index >= 15 is 0 Å². The summed E-state index contributed by atoms with van der Waals surface area (Å²) in [6.45, 7) is 0.487. The van der Waals surface area contributed by atoms with Gasteiger partial charge in [0.15, 0.2) is 0 Å². The predicted octanol–water partition coefficient (Wildman–Crippen LogP) is 1.91. The lowest BCUT2D eigenvalue weighted by atomic mass is 10.1. The van der Waals surface area contributed by atoms with Gasteiger partial charge in [-0.25, -0.2) is 4.79 Å². The zero-order chi connectivity index (χ0) is 13.8. The molecule has 0 spiro atoms. The van der Waals surface area contributed by atoms with Gasteiger partial charge in [0.2, 0.25) is 5.91 Å². The molecule has 0 bridgehead atoms. The third-order valence-corrected chi connectivity index (χ3v) is 4.24. The summed E-state index contributed by atoms with van der Waals surface area (Å²) in [5.74, 6) is 0.142. The van der Waals surface area contributed by atoms with Crippen LogP contribution in [0.2, 0.25) is 5.02 Å². The molecule has 19 heavy (non-hydrogen) atoms. The highest BCUT2D eigenvalue weighted by Gasteiger charge is 2.32. The van der Waals surface area contributed by atoms with Gasteiger partial charge >= 0.3 is 5.97 Å². The van der Waals surface area contributed by atoms with Crippen LogP contribution < -0.4 is 0 Å². The SMILES string of the molecule is O=C(O)C1CSCCN1C(=O)Cc1cccc(Cl)c1. The van der Waals surface area contributed by atoms with Gasteiger partial charge in [0.25, 0.3) is 0 Å². The Bertz CT molecular complexity index is 495. The molecule has 1 aliphatic heterocycles. The number of nitrogens with zero attached hydrogens (tertiary/aromatic N) is 1. The average Bonchev–Trinajstić information content (AvgIpc) is 2.38. The molecule has 4 nitrogen and oxygen atoms in total. The molecule has 1 aromatic rings. The van der Waals surface area contributed by atoms with Gasteiger partial charge in [0, 0.05) is 23.1 Å². The fourth-order valence-corrected chi connectivity index (χ4v) is 3.28. The summed E-state index contributed by atoms with van der Waals surface area (Å²) in [4.78, 5) is 24.8. The summed E-state index contributed by atoms with van der Waals surface area (Å²) in [5.41, 5.74) is 0.805. The number of carbonyl (C=O) groups excluding carboxylic acids is 1. The van der Waals surface area contributed by atoms with Gasteiger partial charge in [-0.05, 0) is 17.7 Å². The number of amides is 1. The molecule has 1 amide bonds. The van der Waals surface area contributed by atoms with E-state index in [1.54, 1.807) is 30.0 Å². The van der Waals surface area contributed by atoms with Gasteiger partial charge in [-0.2, -0.15) is 11.8 Å². The molecule has 1 heterocycles. The number of rotatable bonds is 3. The Hall–Kier alpha value is -1.20. The smallest absolute Gasteiger partial charge is 0.327 e. The Labute approximate surface area is 120 Å². The molecule has 2 rings (SSSR count). The van der Waals surface area contributed by atoms with Crippen molar-refractivity contribution in [3.05, 3.63) is 34.9 Å². The fraction of sp³-hybridized carbons (Fsp3) is 0.385. The second kappa shape index (κ2) is 6.30. The van der Waals surface area contributed by atoms with Gasteiger partial charge in [-0.15, -0.1) is 0 Å². The van der Waals surface area contributed by atoms with Crippen molar-refractivity contribution >= 4 is 35.2 Å². The topological polar surface area (TPSA) is 57.6 Å². The maximum atomic E-state index is 12.2. The largest absolute Gasteiger partial charge is 0.480 e. The number of thioether (sulfide) groups is 1. The van der Waals surface area contributed by atoms with Crippen LogP contribution in [0.4, 0.5) is 0 Å². The lowest BCUT2D eigenvalue weighted by Gasteiger charge is -2.32. The Balaban J connectivity index is 2.07. The van der Waals surface area contributed by atoms with Crippen LogP contribution >= 0.6 is 23.4 Å². The van der Waals surface area contributed by atoms with E-state index in [-0.39, 0.29) is 12.3 Å². The van der Waals surface area contributed by atoms with Crippen molar-refractivity contribution in [1.29, 1.82) is 0 Å². The number of hydrogen-bond donors (Lipinski definition) is 1. The number of hydrogen-bond acceptors (Lipinski definition) is 3. The Kier molecular flexibility index (Phi) is 4.71. The van der Waals surface area contributed by atoms with E-state index in [1.165, 1.54) is 4.90 Å². The standard InChI is InChI=1S/C13H14ClNO3S/c14-10-3-1-2-9(6-10)7-12(16)15-4-5-19-8-11(15)13(17)18/h1-3,6,11H,4-5,7-8H2,(H,17,18). The van der Waals surface area contributed by atoms with Crippen LogP contribution in [0.1, 0.15) is 5.56 Å². The average molecular weight is 300 g/mol. The van der Waals surface area contributed by atoms with E-state index in [0.717, 1.165) is 11.3 Å². The van der Waals surface area contributed by atoms with Crippen molar-refractivity contribution in [2.24, 2.45) is 0 Å². The Morgan fingerprint density at radius 2 is 2.26 bits per heavy atom. The normalized spacial score (nSPS) is 19.2. The Morgan fingerprint density at radius 3 is 2.95 bits per heavy atom. The maximum absolute atomic E-state index is 12.2. The minimum atomic E-state index is -0.938. The lowest BCUT2D eigenvalue weighted by molar-refractivity contribution is -0.148. The summed E-state index contributed by atoms with van der Waals surface area (Å²) in [6.07, 6.45) is 0.189. The molecule has 0 aromatic heterocycles. The number of carboxylic acids is 1. The number of carboxylic acid groups (broad SMARTS) is 1. The highest BCUT2D eigenvalue weighted by atomic mass is 35.5. The van der Waals surface area contributed by atoms with Gasteiger partial charge in [-0.3, -0.25) is 4.79 Å². The molecule has 0 radical (unpaired) electrons. The summed E-state index contributed by atoms with van der Waals surface area (Å²) in [5, 5.41) is 9.72. The van der Waals surface area contributed by atoms with Crippen molar-refractivity contribution in [3.63, 3.8) is 0 Å². The summed E-state index contributed by atoms with van der Waals surface area (Å²) in [7, 11) is 0. The van der Waals surface area contributed by atoms with Gasteiger partial charge in [-0.1, -0.05) is 23.7 Å². The van der Waals surface area contributed by atoms with E-state index in [1.807, 2.05) is 6.07 Å². The molecule has 1 aromatic carbocycles. The monoisotopic (exact) mass is 299 g/mol. The Morgan fingerprint density at radius 1 is 1.47 bits per heavy atom. The molecule has 0 saturated carbocycles. The van der Waals surface area contributed by atoms with Crippen molar-refractivity contribution in [3.8, 4) is 0 Å². The van der Waals surface area contributed by atoms with Crippen LogP contribution in [0.3, 0.4) is 0 Å². The molecule has 1 saturated heterocycles. The number of halogens is 1. The van der Waals surface area contributed by atoms with E-state index in [9.17, 15) is 9.59 Å². The fourth-order valence-electron chi connectivity index (χ4n) is 2.03. The quantitative estimate of drug-likeness (QED) is 0.926. The molecule has 6 heteroatoms. The molecule has 1 atom stereocenters. The molecule has 0 aliphatic carbocycles. The van der Waals surface area contributed by atoms with Crippen molar-refractivity contribution in [2.75, 3.05) is 18.1 Å². The minimum Gasteiger partial charge on any atom is -0.480 e. The molecule has 1 fully saturated rings. The predicted molar refractivity (Wildman–Crippen MR) is 75.6 cm³/mol. The second-order valence-corrected chi connectivity index (χ2v) is 5.91. The van der Waals surface area contributed by atoms with Crippen LogP contribution in [0.15, 0.2) is 24.3 Å². The summed E-state index contributed by atoms with van der Waals surface area (Å²) in [6, 6.07) is 6.36. The molecular weight excluding hydrogens is 286 g/mol. The number of carbonyl (C=O) groups is 2. The summed E-state index contributed by atoms with van der Waals surface area (Å²) >= 11 is 7.44. The number of benzene rings is 1. The van der Waals surface area contributed by atoms with Crippen LogP contribution in [0, 0.1) is 0 Å². The van der Waals surface area contributed by atoms with Crippen LogP contribution in [0.5, 0.6) is 0 Å². The maximum Gasteiger partial charge on any atom is 0.327 e. The third kappa shape index (κ3) is 3.64. The minimum absolute atomic E-state index is 0.157.